The molecule has 0 unspecified atom stereocenters. The quantitative estimate of drug-likeness (QED) is 0.545. The summed E-state index contributed by atoms with van der Waals surface area (Å²) < 4.78 is 5.11. The first-order valence-electron chi connectivity index (χ1n) is 5.49. The highest BCUT2D eigenvalue weighted by Crippen LogP contribution is 2.27. The number of methoxy groups -OCH3 is 1. The fourth-order valence-corrected chi connectivity index (χ4v) is 2.02. The molecule has 4 N–H and O–H groups in total. The molecule has 0 fully saturated rings. The van der Waals surface area contributed by atoms with E-state index in [0.717, 1.165) is 0 Å². The minimum Gasteiger partial charge on any atom is -0.497 e. The number of nitrogens with zero attached hydrogens (tertiary/aromatic N) is 1. The number of benzene rings is 1. The first-order chi connectivity index (χ1) is 9.11. The zero-order chi connectivity index (χ0) is 13.6. The van der Waals surface area contributed by atoms with Gasteiger partial charge in [-0.1, -0.05) is 0 Å². The van der Waals surface area contributed by atoms with Gasteiger partial charge in [-0.2, -0.15) is 0 Å². The topological polar surface area (TPSA) is 114 Å². The van der Waals surface area contributed by atoms with Gasteiger partial charge in [0.25, 0.3) is 11.1 Å². The molecule has 0 saturated heterocycles. The molecule has 0 atom stereocenters. The average molecular weight is 258 g/mol. The Morgan fingerprint density at radius 2 is 1.95 bits per heavy atom. The Morgan fingerprint density at radius 1 is 1.21 bits per heavy atom. The smallest absolute Gasteiger partial charge is 0.289 e. The summed E-state index contributed by atoms with van der Waals surface area (Å²) in [4.78, 5) is 27.6. The van der Waals surface area contributed by atoms with Crippen molar-refractivity contribution in [2.45, 2.75) is 0 Å². The number of pyridine rings is 1. The molecule has 0 aliphatic rings. The molecule has 3 rings (SSSR count). The third kappa shape index (κ3) is 1.55. The fraction of sp³-hybridized carbons (Fsp3) is 0.0833. The summed E-state index contributed by atoms with van der Waals surface area (Å²) in [7, 11) is 1.53. The molecule has 1 aromatic carbocycles. The molecule has 0 bridgehead atoms. The Kier molecular flexibility index (Phi) is 2.28. The Balaban J connectivity index is 2.60. The van der Waals surface area contributed by atoms with E-state index in [1.54, 1.807) is 18.2 Å². The van der Waals surface area contributed by atoms with Gasteiger partial charge in [0.15, 0.2) is 0 Å². The largest absolute Gasteiger partial charge is 0.497 e. The van der Waals surface area contributed by atoms with Crippen LogP contribution in [0.4, 0.5) is 5.69 Å². The van der Waals surface area contributed by atoms with Crippen LogP contribution in [0.15, 0.2) is 27.8 Å². The molecule has 0 saturated carbocycles. The predicted octanol–water partition coefficient (Wildman–Crippen LogP) is 0.355. The number of hydrogen-bond acceptors (Lipinski definition) is 5. The molecule has 0 amide bonds. The van der Waals surface area contributed by atoms with E-state index < -0.39 is 11.1 Å². The maximum Gasteiger partial charge on any atom is 0.289 e. The Hall–Kier alpha value is -2.83. The van der Waals surface area contributed by atoms with Crippen LogP contribution in [0.2, 0.25) is 0 Å². The highest BCUT2D eigenvalue weighted by Gasteiger charge is 2.12. The van der Waals surface area contributed by atoms with Crippen LogP contribution in [-0.4, -0.2) is 22.3 Å². The van der Waals surface area contributed by atoms with Crippen molar-refractivity contribution in [3.8, 4) is 5.75 Å². The van der Waals surface area contributed by atoms with Crippen LogP contribution >= 0.6 is 0 Å². The normalized spacial score (nSPS) is 11.0. The number of nitrogens with one attached hydrogen (secondary N) is 2. The third-order valence-electron chi connectivity index (χ3n) is 2.96. The second kappa shape index (κ2) is 3.84. The van der Waals surface area contributed by atoms with Gasteiger partial charge in [0.1, 0.15) is 11.3 Å². The number of aromatic amines is 2. The number of aromatic nitrogens is 3. The minimum absolute atomic E-state index is 0.0268. The minimum atomic E-state index is -0.487. The molecule has 7 heteroatoms. The average Bonchev–Trinajstić information content (AvgIpc) is 2.42. The molecule has 0 aliphatic heterocycles. The summed E-state index contributed by atoms with van der Waals surface area (Å²) >= 11 is 0. The van der Waals surface area contributed by atoms with Crippen LogP contribution in [0.25, 0.3) is 21.8 Å². The molecular formula is C12H10N4O3. The zero-order valence-electron chi connectivity index (χ0n) is 9.98. The standard InChI is InChI=1S/C12H10N4O3/c1-19-5-2-3-7-6(4-5)9(13)8-10(14-7)12(18)16-15-11(8)17/h2-4H,1H3,(H2,13,14)(H,15,17)(H,16,18). The van der Waals surface area contributed by atoms with Gasteiger partial charge in [-0.25, -0.2) is 4.98 Å². The van der Waals surface area contributed by atoms with Crippen LogP contribution in [0.1, 0.15) is 0 Å². The summed E-state index contributed by atoms with van der Waals surface area (Å²) in [6.45, 7) is 0. The predicted molar refractivity (Wildman–Crippen MR) is 71.5 cm³/mol. The van der Waals surface area contributed by atoms with Crippen LogP contribution < -0.4 is 21.6 Å². The lowest BCUT2D eigenvalue weighted by Gasteiger charge is -2.07. The summed E-state index contributed by atoms with van der Waals surface area (Å²) in [5.74, 6) is 0.599. The van der Waals surface area contributed by atoms with Gasteiger partial charge in [-0.15, -0.1) is 0 Å². The first-order valence-corrected chi connectivity index (χ1v) is 5.49. The summed E-state index contributed by atoms with van der Waals surface area (Å²) in [5, 5.41) is 5.11. The summed E-state index contributed by atoms with van der Waals surface area (Å²) in [6.07, 6.45) is 0. The molecule has 19 heavy (non-hydrogen) atoms. The summed E-state index contributed by atoms with van der Waals surface area (Å²) in [6, 6.07) is 5.07. The first kappa shape index (κ1) is 11.3. The van der Waals surface area contributed by atoms with E-state index in [4.69, 9.17) is 10.5 Å². The van der Waals surface area contributed by atoms with E-state index in [2.05, 4.69) is 15.2 Å². The molecule has 0 aliphatic carbocycles. The lowest BCUT2D eigenvalue weighted by atomic mass is 10.1. The van der Waals surface area contributed by atoms with Gasteiger partial charge in [0.05, 0.1) is 23.7 Å². The zero-order valence-corrected chi connectivity index (χ0v) is 9.98. The molecule has 2 aromatic heterocycles. The SMILES string of the molecule is COc1ccc2nc3c(=O)[nH][nH]c(=O)c3c(N)c2c1. The highest BCUT2D eigenvalue weighted by molar-refractivity contribution is 6.05. The van der Waals surface area contributed by atoms with E-state index in [9.17, 15) is 9.59 Å². The van der Waals surface area contributed by atoms with Gasteiger partial charge in [-0.05, 0) is 18.2 Å². The monoisotopic (exact) mass is 258 g/mol. The van der Waals surface area contributed by atoms with E-state index in [1.807, 2.05) is 0 Å². The number of anilines is 1. The van der Waals surface area contributed by atoms with E-state index in [-0.39, 0.29) is 16.6 Å². The molecule has 3 aromatic rings. The van der Waals surface area contributed by atoms with Crippen LogP contribution in [0, 0.1) is 0 Å². The van der Waals surface area contributed by atoms with Crippen molar-refractivity contribution >= 4 is 27.5 Å². The van der Waals surface area contributed by atoms with E-state index in [1.165, 1.54) is 7.11 Å². The highest BCUT2D eigenvalue weighted by atomic mass is 16.5. The second-order valence-electron chi connectivity index (χ2n) is 4.04. The van der Waals surface area contributed by atoms with Crippen molar-refractivity contribution in [2.75, 3.05) is 12.8 Å². The van der Waals surface area contributed by atoms with Gasteiger partial charge in [0.2, 0.25) is 0 Å². The molecule has 0 radical (unpaired) electrons. The number of H-pyrrole nitrogens is 2. The maximum absolute atomic E-state index is 11.8. The van der Waals surface area contributed by atoms with Crippen molar-refractivity contribution in [3.05, 3.63) is 38.9 Å². The lowest BCUT2D eigenvalue weighted by molar-refractivity contribution is 0.415. The van der Waals surface area contributed by atoms with Crippen molar-refractivity contribution in [3.63, 3.8) is 0 Å². The lowest BCUT2D eigenvalue weighted by Crippen LogP contribution is -2.21. The van der Waals surface area contributed by atoms with E-state index >= 15 is 0 Å². The van der Waals surface area contributed by atoms with Gasteiger partial charge < -0.3 is 10.5 Å². The number of fused-ring (bicyclic) bond motifs is 2. The number of ether oxygens (including phenoxy) is 1. The third-order valence-corrected chi connectivity index (χ3v) is 2.96. The number of rotatable bonds is 1. The van der Waals surface area contributed by atoms with Crippen LogP contribution in [0.3, 0.4) is 0 Å². The van der Waals surface area contributed by atoms with Gasteiger partial charge in [-0.3, -0.25) is 19.8 Å². The van der Waals surface area contributed by atoms with Crippen molar-refractivity contribution < 1.29 is 4.74 Å². The Labute approximate surface area is 106 Å². The molecule has 2 heterocycles. The number of hydrogen-bond donors (Lipinski definition) is 3. The van der Waals surface area contributed by atoms with Crippen molar-refractivity contribution in [2.24, 2.45) is 0 Å². The van der Waals surface area contributed by atoms with Crippen LogP contribution in [-0.2, 0) is 0 Å². The fourth-order valence-electron chi connectivity index (χ4n) is 2.02. The van der Waals surface area contributed by atoms with Gasteiger partial charge >= 0.3 is 0 Å². The van der Waals surface area contributed by atoms with Gasteiger partial charge in [0, 0.05) is 5.39 Å². The van der Waals surface area contributed by atoms with Crippen molar-refractivity contribution in [1.82, 2.24) is 15.2 Å². The second-order valence-corrected chi connectivity index (χ2v) is 4.04. The maximum atomic E-state index is 11.8. The van der Waals surface area contributed by atoms with Crippen LogP contribution in [0.5, 0.6) is 5.75 Å². The molecule has 96 valence electrons. The Morgan fingerprint density at radius 3 is 2.68 bits per heavy atom. The number of nitrogens with two attached hydrogens (primary N) is 1. The Bertz CT molecular complexity index is 910. The number of nitrogen functional groups attached to an aromatic ring is 1. The summed E-state index contributed by atoms with van der Waals surface area (Å²) in [5.41, 5.74) is 5.78. The molecular weight excluding hydrogens is 248 g/mol. The molecule has 0 spiro atoms. The van der Waals surface area contributed by atoms with E-state index in [0.29, 0.717) is 16.7 Å². The molecule has 7 nitrogen and oxygen atoms in total. The van der Waals surface area contributed by atoms with Crippen molar-refractivity contribution in [1.29, 1.82) is 0 Å².